The third-order valence-corrected chi connectivity index (χ3v) is 11.3. The van der Waals surface area contributed by atoms with Gasteiger partial charge in [-0.25, -0.2) is 9.97 Å². The van der Waals surface area contributed by atoms with E-state index >= 15 is 0 Å². The van der Waals surface area contributed by atoms with Crippen molar-refractivity contribution in [3.05, 3.63) is 194 Å². The van der Waals surface area contributed by atoms with Crippen LogP contribution >= 0.6 is 0 Å². The van der Waals surface area contributed by atoms with E-state index in [1.165, 1.54) is 21.5 Å². The number of furan rings is 1. The van der Waals surface area contributed by atoms with E-state index in [1.54, 1.807) is 0 Å². The number of rotatable bonds is 5. The quantitative estimate of drug-likeness (QED) is 0.177. The molecule has 4 aromatic heterocycles. The van der Waals surface area contributed by atoms with Crippen molar-refractivity contribution in [1.82, 2.24) is 19.1 Å². The van der Waals surface area contributed by atoms with Crippen LogP contribution in [0.3, 0.4) is 0 Å². The molecular weight excluding hydrogens is 697 g/mol. The number of nitrogens with zero attached hydrogens (tertiary/aromatic N) is 4. The Labute approximate surface area is 327 Å². The number of aromatic nitrogens is 4. The molecule has 0 radical (unpaired) electrons. The third kappa shape index (κ3) is 4.76. The van der Waals surface area contributed by atoms with E-state index in [0.717, 1.165) is 83.5 Å². The number of fused-ring (bicyclic) bond motifs is 12. The molecule has 0 aliphatic rings. The van der Waals surface area contributed by atoms with Gasteiger partial charge < -0.3 is 13.6 Å². The minimum absolute atomic E-state index is 0.693. The standard InChI is InChI=1S/C52H32N4O/c1-4-17-33(18-5-1)41-32-42(54-52(53-41)34-19-6-2-7-20-34)35-21-16-24-37(31-35)56-44-29-14-10-25-38(44)46-47-39-26-11-13-28-43(39)55(36-22-8-3-9-23-36)50(47)51-48(49(46)56)40-27-12-15-30-45(40)57-51/h1-32H. The lowest BCUT2D eigenvalue weighted by molar-refractivity contribution is 0.671. The lowest BCUT2D eigenvalue weighted by Crippen LogP contribution is -1.98. The van der Waals surface area contributed by atoms with E-state index in [1.807, 2.05) is 24.3 Å². The van der Waals surface area contributed by atoms with Crippen molar-refractivity contribution in [2.45, 2.75) is 0 Å². The predicted octanol–water partition coefficient (Wildman–Crippen LogP) is 13.6. The summed E-state index contributed by atoms with van der Waals surface area (Å²) >= 11 is 0. The Balaban J connectivity index is 1.21. The summed E-state index contributed by atoms with van der Waals surface area (Å²) in [6, 6.07) is 68.1. The molecule has 57 heavy (non-hydrogen) atoms. The first-order valence-electron chi connectivity index (χ1n) is 19.3. The maximum atomic E-state index is 7.00. The van der Waals surface area contributed by atoms with Crippen molar-refractivity contribution in [3.8, 4) is 45.3 Å². The van der Waals surface area contributed by atoms with Crippen LogP contribution in [0.15, 0.2) is 199 Å². The number of hydrogen-bond donors (Lipinski definition) is 0. The van der Waals surface area contributed by atoms with Gasteiger partial charge in [-0.1, -0.05) is 146 Å². The van der Waals surface area contributed by atoms with Crippen molar-refractivity contribution >= 4 is 65.6 Å². The van der Waals surface area contributed by atoms with E-state index < -0.39 is 0 Å². The van der Waals surface area contributed by atoms with E-state index in [0.29, 0.717) is 5.82 Å². The van der Waals surface area contributed by atoms with Crippen molar-refractivity contribution in [3.63, 3.8) is 0 Å². The van der Waals surface area contributed by atoms with Gasteiger partial charge in [0.25, 0.3) is 0 Å². The molecule has 12 rings (SSSR count). The Kier molecular flexibility index (Phi) is 6.86. The number of hydrogen-bond acceptors (Lipinski definition) is 3. The lowest BCUT2D eigenvalue weighted by Gasteiger charge is -2.13. The van der Waals surface area contributed by atoms with Gasteiger partial charge in [-0.15, -0.1) is 0 Å². The maximum Gasteiger partial charge on any atom is 0.162 e. The van der Waals surface area contributed by atoms with Gasteiger partial charge in [-0.2, -0.15) is 0 Å². The van der Waals surface area contributed by atoms with Gasteiger partial charge >= 0.3 is 0 Å². The van der Waals surface area contributed by atoms with Crippen molar-refractivity contribution in [2.75, 3.05) is 0 Å². The SMILES string of the molecule is c1ccc(-c2cc(-c3cccc(-n4c5ccccc5c5c6c7ccccc7n(-c7ccccc7)c6c6oc7ccccc7c6c54)c3)nc(-c3ccccc3)n2)cc1. The summed E-state index contributed by atoms with van der Waals surface area (Å²) in [5.41, 5.74) is 13.1. The van der Waals surface area contributed by atoms with Gasteiger partial charge in [0, 0.05) is 55.0 Å². The van der Waals surface area contributed by atoms with Crippen molar-refractivity contribution in [1.29, 1.82) is 0 Å². The zero-order valence-corrected chi connectivity index (χ0v) is 30.7. The summed E-state index contributed by atoms with van der Waals surface area (Å²) in [7, 11) is 0. The zero-order chi connectivity index (χ0) is 37.5. The summed E-state index contributed by atoms with van der Waals surface area (Å²) in [5, 5.41) is 6.93. The largest absolute Gasteiger partial charge is 0.454 e. The minimum atomic E-state index is 0.693. The van der Waals surface area contributed by atoms with Crippen molar-refractivity contribution in [2.24, 2.45) is 0 Å². The van der Waals surface area contributed by atoms with Gasteiger partial charge in [0.1, 0.15) is 5.58 Å². The molecule has 0 saturated heterocycles. The third-order valence-electron chi connectivity index (χ3n) is 11.3. The molecule has 5 heteroatoms. The van der Waals surface area contributed by atoms with Crippen molar-refractivity contribution < 1.29 is 4.42 Å². The molecule has 0 bridgehead atoms. The fourth-order valence-corrected chi connectivity index (χ4v) is 8.87. The fourth-order valence-electron chi connectivity index (χ4n) is 8.87. The Bertz CT molecular complexity index is 3450. The average Bonchev–Trinajstić information content (AvgIpc) is 3.95. The van der Waals surface area contributed by atoms with Crippen LogP contribution in [0.2, 0.25) is 0 Å². The molecule has 0 atom stereocenters. The van der Waals surface area contributed by atoms with E-state index in [2.05, 4.69) is 179 Å². The van der Waals surface area contributed by atoms with Crippen LogP contribution in [-0.4, -0.2) is 19.1 Å². The number of benzene rings is 8. The Morgan fingerprint density at radius 3 is 1.58 bits per heavy atom. The van der Waals surface area contributed by atoms with Gasteiger partial charge in [0.15, 0.2) is 11.4 Å². The average molecular weight is 729 g/mol. The van der Waals surface area contributed by atoms with Gasteiger partial charge in [0.2, 0.25) is 0 Å². The molecule has 0 unspecified atom stereocenters. The molecular formula is C52H32N4O. The molecule has 0 spiro atoms. The second kappa shape index (κ2) is 12.4. The molecule has 0 aliphatic heterocycles. The van der Waals surface area contributed by atoms with Gasteiger partial charge in [0.05, 0.1) is 38.8 Å². The smallest absolute Gasteiger partial charge is 0.162 e. The van der Waals surface area contributed by atoms with E-state index in [9.17, 15) is 0 Å². The highest BCUT2D eigenvalue weighted by atomic mass is 16.3. The first-order chi connectivity index (χ1) is 28.3. The highest BCUT2D eigenvalue weighted by Crippen LogP contribution is 2.49. The fraction of sp³-hybridized carbons (Fsp3) is 0. The first-order valence-corrected chi connectivity index (χ1v) is 19.3. The molecule has 266 valence electrons. The summed E-state index contributed by atoms with van der Waals surface area (Å²) in [6.45, 7) is 0. The van der Waals surface area contributed by atoms with E-state index in [-0.39, 0.29) is 0 Å². The molecule has 8 aromatic carbocycles. The van der Waals surface area contributed by atoms with Gasteiger partial charge in [-0.05, 0) is 48.5 Å². The Hall–Kier alpha value is -7.76. The molecule has 5 nitrogen and oxygen atoms in total. The van der Waals surface area contributed by atoms with Gasteiger partial charge in [-0.3, -0.25) is 0 Å². The molecule has 0 aliphatic carbocycles. The Morgan fingerprint density at radius 2 is 0.877 bits per heavy atom. The van der Waals surface area contributed by atoms with Crippen LogP contribution in [0.5, 0.6) is 0 Å². The molecule has 0 saturated carbocycles. The maximum absolute atomic E-state index is 7.00. The Morgan fingerprint density at radius 1 is 0.368 bits per heavy atom. The molecule has 4 heterocycles. The second-order valence-electron chi connectivity index (χ2n) is 14.5. The summed E-state index contributed by atoms with van der Waals surface area (Å²) in [6.07, 6.45) is 0. The number of para-hydroxylation sites is 4. The lowest BCUT2D eigenvalue weighted by atomic mass is 10.0. The van der Waals surface area contributed by atoms with Crippen LogP contribution in [0.25, 0.3) is 111 Å². The highest BCUT2D eigenvalue weighted by molar-refractivity contribution is 6.39. The topological polar surface area (TPSA) is 48.8 Å². The molecule has 0 amide bonds. The summed E-state index contributed by atoms with van der Waals surface area (Å²) in [5.74, 6) is 0.693. The van der Waals surface area contributed by atoms with E-state index in [4.69, 9.17) is 14.4 Å². The van der Waals surface area contributed by atoms with Crippen LogP contribution in [0, 0.1) is 0 Å². The predicted molar refractivity (Wildman–Crippen MR) is 234 cm³/mol. The minimum Gasteiger partial charge on any atom is -0.454 e. The first kappa shape index (κ1) is 31.6. The molecule has 0 N–H and O–H groups in total. The monoisotopic (exact) mass is 728 g/mol. The van der Waals surface area contributed by atoms with Crippen LogP contribution in [0.4, 0.5) is 0 Å². The highest BCUT2D eigenvalue weighted by Gasteiger charge is 2.27. The van der Waals surface area contributed by atoms with Crippen LogP contribution in [0.1, 0.15) is 0 Å². The van der Waals surface area contributed by atoms with Crippen LogP contribution < -0.4 is 0 Å². The van der Waals surface area contributed by atoms with Crippen LogP contribution in [-0.2, 0) is 0 Å². The summed E-state index contributed by atoms with van der Waals surface area (Å²) in [4.78, 5) is 10.3. The zero-order valence-electron chi connectivity index (χ0n) is 30.7. The normalized spacial score (nSPS) is 11.9. The second-order valence-corrected chi connectivity index (χ2v) is 14.5. The molecule has 12 aromatic rings. The molecule has 0 fully saturated rings. The summed E-state index contributed by atoms with van der Waals surface area (Å²) < 4.78 is 11.8.